The van der Waals surface area contributed by atoms with Crippen LogP contribution in [0.3, 0.4) is 0 Å². The van der Waals surface area contributed by atoms with Gasteiger partial charge in [0, 0.05) is 11.3 Å². The molecule has 1 aliphatic rings. The molecular weight excluding hydrogens is 307 g/mol. The van der Waals surface area contributed by atoms with Gasteiger partial charge in [-0.1, -0.05) is 6.42 Å². The molecule has 114 valence electrons. The number of halogens is 2. The SMILES string of the molecule is CSC1CCCC(n2c(C(C)Cl)nc3ccc(F)cc32)C1. The van der Waals surface area contributed by atoms with Crippen LogP contribution in [0, 0.1) is 5.82 Å². The van der Waals surface area contributed by atoms with Crippen LogP contribution in [0.15, 0.2) is 18.2 Å². The summed E-state index contributed by atoms with van der Waals surface area (Å²) in [6.45, 7) is 1.94. The molecule has 0 bridgehead atoms. The molecule has 3 atom stereocenters. The summed E-state index contributed by atoms with van der Waals surface area (Å²) in [6, 6.07) is 5.18. The van der Waals surface area contributed by atoms with Crippen molar-refractivity contribution in [3.8, 4) is 0 Å². The molecule has 3 rings (SSSR count). The van der Waals surface area contributed by atoms with Gasteiger partial charge in [-0.3, -0.25) is 0 Å². The smallest absolute Gasteiger partial charge is 0.127 e. The van der Waals surface area contributed by atoms with Crippen LogP contribution in [0.25, 0.3) is 11.0 Å². The van der Waals surface area contributed by atoms with Gasteiger partial charge in [-0.2, -0.15) is 11.8 Å². The van der Waals surface area contributed by atoms with E-state index in [-0.39, 0.29) is 11.2 Å². The van der Waals surface area contributed by atoms with E-state index in [4.69, 9.17) is 11.6 Å². The second kappa shape index (κ2) is 6.17. The number of thioether (sulfide) groups is 1. The molecule has 0 N–H and O–H groups in total. The first-order valence-corrected chi connectivity index (χ1v) is 9.17. The first kappa shape index (κ1) is 15.2. The van der Waals surface area contributed by atoms with Gasteiger partial charge in [0.1, 0.15) is 11.6 Å². The van der Waals surface area contributed by atoms with Crippen LogP contribution in [-0.4, -0.2) is 21.1 Å². The summed E-state index contributed by atoms with van der Waals surface area (Å²) in [4.78, 5) is 4.64. The molecule has 1 heterocycles. The second-order valence-corrected chi connectivity index (χ2v) is 7.56. The van der Waals surface area contributed by atoms with Gasteiger partial charge in [0.25, 0.3) is 0 Å². The average molecular weight is 327 g/mol. The number of nitrogens with zero attached hydrogens (tertiary/aromatic N) is 2. The number of rotatable bonds is 3. The lowest BCUT2D eigenvalue weighted by molar-refractivity contribution is 0.359. The lowest BCUT2D eigenvalue weighted by atomic mass is 9.94. The van der Waals surface area contributed by atoms with E-state index in [1.54, 1.807) is 12.1 Å². The minimum atomic E-state index is -0.213. The number of aromatic nitrogens is 2. The molecule has 0 radical (unpaired) electrons. The summed E-state index contributed by atoms with van der Waals surface area (Å²) in [6.07, 6.45) is 6.88. The van der Waals surface area contributed by atoms with E-state index < -0.39 is 0 Å². The van der Waals surface area contributed by atoms with Crippen molar-refractivity contribution in [2.24, 2.45) is 0 Å². The van der Waals surface area contributed by atoms with Crippen molar-refractivity contribution in [2.75, 3.05) is 6.26 Å². The highest BCUT2D eigenvalue weighted by Crippen LogP contribution is 2.38. The molecule has 0 aliphatic heterocycles. The van der Waals surface area contributed by atoms with Crippen molar-refractivity contribution in [3.05, 3.63) is 29.8 Å². The highest BCUT2D eigenvalue weighted by Gasteiger charge is 2.27. The van der Waals surface area contributed by atoms with Crippen LogP contribution >= 0.6 is 23.4 Å². The zero-order chi connectivity index (χ0) is 15.0. The monoisotopic (exact) mass is 326 g/mol. The number of imidazole rings is 1. The molecule has 1 aliphatic carbocycles. The fraction of sp³-hybridized carbons (Fsp3) is 0.562. The normalized spacial score (nSPS) is 24.4. The van der Waals surface area contributed by atoms with E-state index in [1.807, 2.05) is 18.7 Å². The lowest BCUT2D eigenvalue weighted by Gasteiger charge is -2.31. The van der Waals surface area contributed by atoms with Crippen LogP contribution in [0.5, 0.6) is 0 Å². The van der Waals surface area contributed by atoms with Crippen molar-refractivity contribution in [1.29, 1.82) is 0 Å². The second-order valence-electron chi connectivity index (χ2n) is 5.77. The van der Waals surface area contributed by atoms with Gasteiger partial charge >= 0.3 is 0 Å². The predicted octanol–water partition coefficient (Wildman–Crippen LogP) is 5.32. The van der Waals surface area contributed by atoms with Crippen LogP contribution in [0.1, 0.15) is 49.9 Å². The van der Waals surface area contributed by atoms with Crippen molar-refractivity contribution in [2.45, 2.75) is 49.3 Å². The molecule has 0 saturated heterocycles. The maximum atomic E-state index is 13.7. The Bertz CT molecular complexity index is 640. The van der Waals surface area contributed by atoms with Gasteiger partial charge in [-0.15, -0.1) is 11.6 Å². The lowest BCUT2D eigenvalue weighted by Crippen LogP contribution is -2.22. The molecule has 1 aromatic heterocycles. The van der Waals surface area contributed by atoms with E-state index in [9.17, 15) is 4.39 Å². The molecule has 21 heavy (non-hydrogen) atoms. The van der Waals surface area contributed by atoms with Gasteiger partial charge in [-0.25, -0.2) is 9.37 Å². The Hall–Kier alpha value is -0.740. The molecule has 0 spiro atoms. The summed E-state index contributed by atoms with van der Waals surface area (Å²) in [7, 11) is 0. The van der Waals surface area contributed by atoms with Gasteiger partial charge in [0.2, 0.25) is 0 Å². The number of benzene rings is 1. The number of hydrogen-bond donors (Lipinski definition) is 0. The maximum Gasteiger partial charge on any atom is 0.127 e. The molecular formula is C16H20ClFN2S. The van der Waals surface area contributed by atoms with Crippen molar-refractivity contribution in [3.63, 3.8) is 0 Å². The third kappa shape index (κ3) is 2.93. The Morgan fingerprint density at radius 1 is 1.43 bits per heavy atom. The first-order chi connectivity index (χ1) is 10.1. The largest absolute Gasteiger partial charge is 0.323 e. The Morgan fingerprint density at radius 2 is 2.24 bits per heavy atom. The minimum absolute atomic E-state index is 0.171. The van der Waals surface area contributed by atoms with Crippen molar-refractivity contribution >= 4 is 34.4 Å². The zero-order valence-corrected chi connectivity index (χ0v) is 13.9. The first-order valence-electron chi connectivity index (χ1n) is 7.44. The predicted molar refractivity (Wildman–Crippen MR) is 88.8 cm³/mol. The highest BCUT2D eigenvalue weighted by molar-refractivity contribution is 7.99. The fourth-order valence-electron chi connectivity index (χ4n) is 3.32. The van der Waals surface area contributed by atoms with Crippen LogP contribution < -0.4 is 0 Å². The highest BCUT2D eigenvalue weighted by atomic mass is 35.5. The standard InChI is InChI=1S/C16H20ClFN2S/c1-10(17)16-19-14-7-6-11(18)8-15(14)20(16)12-4-3-5-13(9-12)21-2/h6-8,10,12-13H,3-5,9H2,1-2H3. The summed E-state index contributed by atoms with van der Waals surface area (Å²) < 4.78 is 15.9. The molecule has 1 fully saturated rings. The molecule has 3 unspecified atom stereocenters. The fourth-order valence-corrected chi connectivity index (χ4v) is 4.29. The topological polar surface area (TPSA) is 17.8 Å². The van der Waals surface area contributed by atoms with Crippen LogP contribution in [0.2, 0.25) is 0 Å². The summed E-state index contributed by atoms with van der Waals surface area (Å²) >= 11 is 8.26. The van der Waals surface area contributed by atoms with Gasteiger partial charge < -0.3 is 4.57 Å². The van der Waals surface area contributed by atoms with Gasteiger partial charge in [0.05, 0.1) is 16.4 Å². The number of hydrogen-bond acceptors (Lipinski definition) is 2. The van der Waals surface area contributed by atoms with Crippen LogP contribution in [-0.2, 0) is 0 Å². The Morgan fingerprint density at radius 3 is 2.95 bits per heavy atom. The van der Waals surface area contributed by atoms with E-state index in [2.05, 4.69) is 15.8 Å². The third-order valence-corrected chi connectivity index (χ3v) is 5.62. The molecule has 1 saturated carbocycles. The van der Waals surface area contributed by atoms with Gasteiger partial charge in [0.15, 0.2) is 0 Å². The molecule has 2 aromatic rings. The van der Waals surface area contributed by atoms with Gasteiger partial charge in [-0.05, 0) is 50.6 Å². The Kier molecular flexibility index (Phi) is 4.46. The zero-order valence-electron chi connectivity index (χ0n) is 12.4. The van der Waals surface area contributed by atoms with E-state index in [0.717, 1.165) is 29.7 Å². The summed E-state index contributed by atoms with van der Waals surface area (Å²) in [5, 5.41) is 0.503. The summed E-state index contributed by atoms with van der Waals surface area (Å²) in [5.74, 6) is 0.652. The summed E-state index contributed by atoms with van der Waals surface area (Å²) in [5.41, 5.74) is 1.72. The molecule has 2 nitrogen and oxygen atoms in total. The Labute approximate surface area is 134 Å². The molecule has 5 heteroatoms. The van der Waals surface area contributed by atoms with Crippen molar-refractivity contribution in [1.82, 2.24) is 9.55 Å². The number of fused-ring (bicyclic) bond motifs is 1. The van der Waals surface area contributed by atoms with E-state index >= 15 is 0 Å². The van der Waals surface area contributed by atoms with Crippen molar-refractivity contribution < 1.29 is 4.39 Å². The van der Waals surface area contributed by atoms with E-state index in [1.165, 1.54) is 18.9 Å². The Balaban J connectivity index is 2.10. The molecule has 0 amide bonds. The van der Waals surface area contributed by atoms with E-state index in [0.29, 0.717) is 11.3 Å². The third-order valence-electron chi connectivity index (χ3n) is 4.33. The average Bonchev–Trinajstić information content (AvgIpc) is 2.86. The minimum Gasteiger partial charge on any atom is -0.323 e. The quantitative estimate of drug-likeness (QED) is 0.710. The van der Waals surface area contributed by atoms with Crippen LogP contribution in [0.4, 0.5) is 4.39 Å². The number of alkyl halides is 1. The molecule has 1 aromatic carbocycles. The maximum absolute atomic E-state index is 13.7.